The van der Waals surface area contributed by atoms with Crippen LogP contribution < -0.4 is 11.1 Å². The fraction of sp³-hybridized carbons (Fsp3) is 0.368. The summed E-state index contributed by atoms with van der Waals surface area (Å²) in [6.45, 7) is 4.38. The number of aromatic nitrogens is 3. The van der Waals surface area contributed by atoms with E-state index in [-0.39, 0.29) is 12.6 Å². The van der Waals surface area contributed by atoms with E-state index in [1.54, 1.807) is 6.20 Å². The van der Waals surface area contributed by atoms with E-state index < -0.39 is 0 Å². The molecule has 6 heteroatoms. The SMILES string of the molecule is CCC(CC)C(CO)Nc1cc(N)nc2cc(-c3ccn[nH]3)ccc12. The number of aliphatic hydroxyl groups excluding tert-OH is 1. The molecule has 0 radical (unpaired) electrons. The molecule has 2 heterocycles. The van der Waals surface area contributed by atoms with Gasteiger partial charge in [0.1, 0.15) is 5.82 Å². The third-order valence-corrected chi connectivity index (χ3v) is 4.80. The maximum atomic E-state index is 9.81. The third-order valence-electron chi connectivity index (χ3n) is 4.80. The van der Waals surface area contributed by atoms with Crippen LogP contribution in [-0.2, 0) is 0 Å². The van der Waals surface area contributed by atoms with E-state index in [1.807, 2.05) is 30.3 Å². The van der Waals surface area contributed by atoms with Gasteiger partial charge in [-0.1, -0.05) is 38.8 Å². The third kappa shape index (κ3) is 3.58. The highest BCUT2D eigenvalue weighted by Crippen LogP contribution is 2.30. The molecule has 3 rings (SSSR count). The molecule has 0 aliphatic rings. The minimum atomic E-state index is -0.00714. The maximum Gasteiger partial charge on any atom is 0.126 e. The van der Waals surface area contributed by atoms with Gasteiger partial charge in [0.25, 0.3) is 0 Å². The highest BCUT2D eigenvalue weighted by Gasteiger charge is 2.19. The predicted molar refractivity (Wildman–Crippen MR) is 102 cm³/mol. The predicted octanol–water partition coefficient (Wildman–Crippen LogP) is 3.42. The van der Waals surface area contributed by atoms with Crippen LogP contribution in [0.25, 0.3) is 22.2 Å². The summed E-state index contributed by atoms with van der Waals surface area (Å²) in [5, 5.41) is 21.2. The van der Waals surface area contributed by atoms with Crippen LogP contribution in [0.2, 0.25) is 0 Å². The zero-order valence-electron chi connectivity index (χ0n) is 14.7. The maximum absolute atomic E-state index is 9.81. The molecule has 132 valence electrons. The summed E-state index contributed by atoms with van der Waals surface area (Å²) in [6.07, 6.45) is 3.75. The number of fused-ring (bicyclic) bond motifs is 1. The molecule has 1 aromatic carbocycles. The first kappa shape index (κ1) is 17.2. The molecule has 2 aromatic heterocycles. The Labute approximate surface area is 147 Å². The van der Waals surface area contributed by atoms with Crippen LogP contribution in [0.5, 0.6) is 0 Å². The number of anilines is 2. The lowest BCUT2D eigenvalue weighted by Crippen LogP contribution is -2.32. The van der Waals surface area contributed by atoms with Gasteiger partial charge in [-0.3, -0.25) is 5.10 Å². The molecule has 0 spiro atoms. The van der Waals surface area contributed by atoms with Gasteiger partial charge in [0.2, 0.25) is 0 Å². The minimum Gasteiger partial charge on any atom is -0.394 e. The molecule has 0 aliphatic carbocycles. The molecule has 0 fully saturated rings. The first-order chi connectivity index (χ1) is 12.2. The van der Waals surface area contributed by atoms with Crippen molar-refractivity contribution in [3.63, 3.8) is 0 Å². The first-order valence-corrected chi connectivity index (χ1v) is 8.73. The summed E-state index contributed by atoms with van der Waals surface area (Å²) in [7, 11) is 0. The number of nitrogen functional groups attached to an aromatic ring is 1. The van der Waals surface area contributed by atoms with Crippen molar-refractivity contribution in [1.82, 2.24) is 15.2 Å². The Morgan fingerprint density at radius 3 is 2.64 bits per heavy atom. The van der Waals surface area contributed by atoms with Crippen molar-refractivity contribution in [3.8, 4) is 11.3 Å². The number of H-pyrrole nitrogens is 1. The molecule has 25 heavy (non-hydrogen) atoms. The molecule has 5 N–H and O–H groups in total. The Kier molecular flexibility index (Phi) is 5.19. The quantitative estimate of drug-likeness (QED) is 0.528. The molecule has 0 saturated heterocycles. The summed E-state index contributed by atoms with van der Waals surface area (Å²) in [5.74, 6) is 0.858. The fourth-order valence-electron chi connectivity index (χ4n) is 3.32. The number of hydrogen-bond donors (Lipinski definition) is 4. The minimum absolute atomic E-state index is 0.00714. The number of nitrogens with zero attached hydrogens (tertiary/aromatic N) is 2. The van der Waals surface area contributed by atoms with Gasteiger partial charge in [-0.25, -0.2) is 4.98 Å². The van der Waals surface area contributed by atoms with Crippen LogP contribution in [0, 0.1) is 5.92 Å². The lowest BCUT2D eigenvalue weighted by atomic mass is 9.94. The van der Waals surface area contributed by atoms with E-state index in [2.05, 4.69) is 34.3 Å². The van der Waals surface area contributed by atoms with E-state index in [1.165, 1.54) is 0 Å². The summed E-state index contributed by atoms with van der Waals surface area (Å²) >= 11 is 0. The molecule has 0 amide bonds. The van der Waals surface area contributed by atoms with Gasteiger partial charge in [0, 0.05) is 28.9 Å². The van der Waals surface area contributed by atoms with Gasteiger partial charge in [-0.2, -0.15) is 5.10 Å². The highest BCUT2D eigenvalue weighted by atomic mass is 16.3. The number of hydrogen-bond acceptors (Lipinski definition) is 5. The van der Waals surface area contributed by atoms with Crippen LogP contribution in [0.3, 0.4) is 0 Å². The van der Waals surface area contributed by atoms with Crippen LogP contribution in [0.1, 0.15) is 26.7 Å². The van der Waals surface area contributed by atoms with Crippen molar-refractivity contribution in [1.29, 1.82) is 0 Å². The molecule has 0 aliphatic heterocycles. The smallest absolute Gasteiger partial charge is 0.126 e. The summed E-state index contributed by atoms with van der Waals surface area (Å²) in [5.41, 5.74) is 9.68. The fourth-order valence-corrected chi connectivity index (χ4v) is 3.32. The molecular weight excluding hydrogens is 314 g/mol. The molecule has 6 nitrogen and oxygen atoms in total. The number of pyridine rings is 1. The second-order valence-corrected chi connectivity index (χ2v) is 6.31. The molecule has 0 bridgehead atoms. The Morgan fingerprint density at radius 2 is 2.00 bits per heavy atom. The van der Waals surface area contributed by atoms with Gasteiger partial charge in [0.05, 0.1) is 23.9 Å². The topological polar surface area (TPSA) is 99.8 Å². The van der Waals surface area contributed by atoms with E-state index in [9.17, 15) is 5.11 Å². The van der Waals surface area contributed by atoms with Crippen molar-refractivity contribution in [2.75, 3.05) is 17.7 Å². The lowest BCUT2D eigenvalue weighted by Gasteiger charge is -2.26. The van der Waals surface area contributed by atoms with Gasteiger partial charge in [-0.15, -0.1) is 0 Å². The molecular formula is C19H25N5O. The van der Waals surface area contributed by atoms with Crippen LogP contribution >= 0.6 is 0 Å². The van der Waals surface area contributed by atoms with Crippen molar-refractivity contribution in [3.05, 3.63) is 36.5 Å². The largest absolute Gasteiger partial charge is 0.394 e. The van der Waals surface area contributed by atoms with Crippen molar-refractivity contribution in [2.24, 2.45) is 5.92 Å². The van der Waals surface area contributed by atoms with Gasteiger partial charge in [0.15, 0.2) is 0 Å². The van der Waals surface area contributed by atoms with Crippen molar-refractivity contribution in [2.45, 2.75) is 32.7 Å². The Hall–Kier alpha value is -2.60. The zero-order valence-corrected chi connectivity index (χ0v) is 14.7. The number of nitrogens with two attached hydrogens (primary N) is 1. The van der Waals surface area contributed by atoms with Gasteiger partial charge >= 0.3 is 0 Å². The second kappa shape index (κ2) is 7.53. The summed E-state index contributed by atoms with van der Waals surface area (Å²) in [4.78, 5) is 4.47. The number of nitrogens with one attached hydrogen (secondary N) is 2. The van der Waals surface area contributed by atoms with Crippen molar-refractivity contribution < 1.29 is 5.11 Å². The molecule has 1 unspecified atom stereocenters. The Bertz CT molecular complexity index is 827. The Balaban J connectivity index is 2.00. The van der Waals surface area contributed by atoms with Crippen LogP contribution in [0.15, 0.2) is 36.5 Å². The average Bonchev–Trinajstić information content (AvgIpc) is 3.15. The standard InChI is InChI=1S/C19H25N5O/c1-3-12(4-2)18(11-25)22-17-10-19(20)23-16-9-13(5-6-14(16)17)15-7-8-21-24-15/h5-10,12,18,25H,3-4,11H2,1-2H3,(H,21,24)(H3,20,22,23). The zero-order chi connectivity index (χ0) is 17.8. The van der Waals surface area contributed by atoms with E-state index in [0.717, 1.165) is 40.7 Å². The van der Waals surface area contributed by atoms with Gasteiger partial charge < -0.3 is 16.2 Å². The normalized spacial score (nSPS) is 12.6. The summed E-state index contributed by atoms with van der Waals surface area (Å²) in [6, 6.07) is 9.80. The van der Waals surface area contributed by atoms with E-state index in [0.29, 0.717) is 11.7 Å². The number of aliphatic hydroxyl groups is 1. The van der Waals surface area contributed by atoms with Crippen LogP contribution in [0.4, 0.5) is 11.5 Å². The summed E-state index contributed by atoms with van der Waals surface area (Å²) < 4.78 is 0. The average molecular weight is 339 g/mol. The Morgan fingerprint density at radius 1 is 1.20 bits per heavy atom. The first-order valence-electron chi connectivity index (χ1n) is 8.73. The molecule has 1 atom stereocenters. The van der Waals surface area contributed by atoms with E-state index >= 15 is 0 Å². The second-order valence-electron chi connectivity index (χ2n) is 6.31. The number of aromatic amines is 1. The van der Waals surface area contributed by atoms with Crippen molar-refractivity contribution >= 4 is 22.4 Å². The van der Waals surface area contributed by atoms with Gasteiger partial charge in [-0.05, 0) is 18.1 Å². The molecule has 3 aromatic rings. The van der Waals surface area contributed by atoms with E-state index in [4.69, 9.17) is 5.73 Å². The monoisotopic (exact) mass is 339 g/mol. The highest BCUT2D eigenvalue weighted by molar-refractivity contribution is 5.95. The molecule has 0 saturated carbocycles. The lowest BCUT2D eigenvalue weighted by molar-refractivity contribution is 0.231. The van der Waals surface area contributed by atoms with Crippen LogP contribution in [-0.4, -0.2) is 32.9 Å². The number of benzene rings is 1. The number of rotatable bonds is 7.